The number of aryl methyl sites for hydroxylation is 2. The zero-order chi connectivity index (χ0) is 11.4. The molecule has 84 valence electrons. The monoisotopic (exact) mass is 230 g/mol. The van der Waals surface area contributed by atoms with Gasteiger partial charge in [0.25, 0.3) is 0 Å². The largest absolute Gasteiger partial charge is 0.480 e. The molecule has 2 unspecified atom stereocenters. The summed E-state index contributed by atoms with van der Waals surface area (Å²) < 4.78 is 13.3. The number of imidazole rings is 1. The van der Waals surface area contributed by atoms with Crippen molar-refractivity contribution >= 4 is 16.8 Å². The van der Waals surface area contributed by atoms with Gasteiger partial charge in [-0.15, -0.1) is 0 Å². The first-order valence-corrected chi connectivity index (χ1v) is 5.96. The molecule has 0 saturated heterocycles. The number of hydrogen-bond acceptors (Lipinski definition) is 3. The normalized spacial score (nSPS) is 14.8. The van der Waals surface area contributed by atoms with Gasteiger partial charge in [-0.1, -0.05) is 0 Å². The van der Waals surface area contributed by atoms with Crippen LogP contribution in [-0.4, -0.2) is 35.8 Å². The molecule has 0 aliphatic rings. The summed E-state index contributed by atoms with van der Waals surface area (Å²) in [4.78, 5) is 14.6. The van der Waals surface area contributed by atoms with E-state index in [9.17, 15) is 9.00 Å². The van der Waals surface area contributed by atoms with Crippen molar-refractivity contribution in [3.8, 4) is 0 Å². The van der Waals surface area contributed by atoms with Crippen LogP contribution in [0.5, 0.6) is 0 Å². The summed E-state index contributed by atoms with van der Waals surface area (Å²) in [7, 11) is 0.512. The van der Waals surface area contributed by atoms with Crippen molar-refractivity contribution in [2.24, 2.45) is 7.05 Å². The quantitative estimate of drug-likeness (QED) is 0.783. The number of rotatable bonds is 5. The summed E-state index contributed by atoms with van der Waals surface area (Å²) in [5.74, 6) is 0.132. The first-order valence-electron chi connectivity index (χ1n) is 4.58. The summed E-state index contributed by atoms with van der Waals surface area (Å²) >= 11 is 0. The van der Waals surface area contributed by atoms with Gasteiger partial charge >= 0.3 is 5.97 Å². The highest BCUT2D eigenvalue weighted by Gasteiger charge is 2.18. The Morgan fingerprint density at radius 2 is 2.40 bits per heavy atom. The molecule has 0 spiro atoms. The summed E-state index contributed by atoms with van der Waals surface area (Å²) in [5.41, 5.74) is 0. The van der Waals surface area contributed by atoms with Gasteiger partial charge in [-0.2, -0.15) is 0 Å². The maximum atomic E-state index is 11.5. The third kappa shape index (κ3) is 3.16. The van der Waals surface area contributed by atoms with E-state index >= 15 is 0 Å². The zero-order valence-corrected chi connectivity index (χ0v) is 9.53. The average Bonchev–Trinajstić information content (AvgIpc) is 2.59. The summed E-state index contributed by atoms with van der Waals surface area (Å²) in [5, 5.41) is 7.84. The van der Waals surface area contributed by atoms with Crippen molar-refractivity contribution < 1.29 is 14.1 Å². The molecular formula is C9H14N2O3S. The zero-order valence-electron chi connectivity index (χ0n) is 8.71. The highest BCUT2D eigenvalue weighted by Crippen LogP contribution is 2.01. The van der Waals surface area contributed by atoms with Crippen LogP contribution in [0.15, 0.2) is 12.4 Å². The highest BCUT2D eigenvalue weighted by atomic mass is 32.2. The Balaban J connectivity index is 2.48. The van der Waals surface area contributed by atoms with E-state index in [4.69, 9.17) is 5.11 Å². The number of nitrogens with zero attached hydrogens (tertiary/aromatic N) is 2. The fraction of sp³-hybridized carbons (Fsp3) is 0.556. The second kappa shape index (κ2) is 5.06. The second-order valence-corrected chi connectivity index (χ2v) is 5.15. The van der Waals surface area contributed by atoms with E-state index in [1.165, 1.54) is 6.92 Å². The van der Waals surface area contributed by atoms with Crippen LogP contribution in [0.25, 0.3) is 0 Å². The van der Waals surface area contributed by atoms with Gasteiger partial charge in [-0.25, -0.2) is 4.98 Å². The topological polar surface area (TPSA) is 72.2 Å². The molecule has 0 amide bonds. The summed E-state index contributed by atoms with van der Waals surface area (Å²) in [6, 6.07) is 0. The molecule has 0 aliphatic heterocycles. The molecule has 1 rings (SSSR count). The second-order valence-electron chi connectivity index (χ2n) is 3.27. The molecule has 15 heavy (non-hydrogen) atoms. The number of carbonyl (C=O) groups is 1. The van der Waals surface area contributed by atoms with E-state index in [0.29, 0.717) is 12.2 Å². The van der Waals surface area contributed by atoms with Crippen LogP contribution in [0.3, 0.4) is 0 Å². The van der Waals surface area contributed by atoms with Gasteiger partial charge in [0.05, 0.1) is 0 Å². The number of hydrogen-bond donors (Lipinski definition) is 1. The van der Waals surface area contributed by atoms with Gasteiger partial charge in [0.1, 0.15) is 11.1 Å². The number of aliphatic carboxylic acids is 1. The Kier molecular flexibility index (Phi) is 4.02. The number of aromatic nitrogens is 2. The van der Waals surface area contributed by atoms with Gasteiger partial charge in [-0.05, 0) is 6.92 Å². The van der Waals surface area contributed by atoms with Crippen LogP contribution in [-0.2, 0) is 29.1 Å². The van der Waals surface area contributed by atoms with Gasteiger partial charge in [-0.3, -0.25) is 9.00 Å². The smallest absolute Gasteiger partial charge is 0.318 e. The fourth-order valence-electron chi connectivity index (χ4n) is 1.12. The lowest BCUT2D eigenvalue weighted by atomic mass is 10.4. The third-order valence-electron chi connectivity index (χ3n) is 2.19. The van der Waals surface area contributed by atoms with Gasteiger partial charge in [0.15, 0.2) is 0 Å². The van der Waals surface area contributed by atoms with Crippen molar-refractivity contribution in [3.63, 3.8) is 0 Å². The molecule has 2 atom stereocenters. The fourth-order valence-corrected chi connectivity index (χ4v) is 2.08. The maximum absolute atomic E-state index is 11.5. The van der Waals surface area contributed by atoms with Gasteiger partial charge in [0, 0.05) is 42.4 Å². The van der Waals surface area contributed by atoms with Gasteiger partial charge in [0.2, 0.25) is 0 Å². The molecule has 1 heterocycles. The van der Waals surface area contributed by atoms with E-state index in [1.54, 1.807) is 12.4 Å². The van der Waals surface area contributed by atoms with Crippen LogP contribution in [0.2, 0.25) is 0 Å². The van der Waals surface area contributed by atoms with Crippen LogP contribution < -0.4 is 0 Å². The Morgan fingerprint density at radius 3 is 2.87 bits per heavy atom. The summed E-state index contributed by atoms with van der Waals surface area (Å²) in [6.07, 6.45) is 4.01. The van der Waals surface area contributed by atoms with Crippen molar-refractivity contribution in [1.82, 2.24) is 9.55 Å². The predicted octanol–water partition coefficient (Wildman–Crippen LogP) is 0.184. The lowest BCUT2D eigenvalue weighted by molar-refractivity contribution is -0.136. The first kappa shape index (κ1) is 11.9. The molecule has 1 aromatic rings. The minimum atomic E-state index is -1.34. The van der Waals surface area contributed by atoms with Crippen LogP contribution in [0, 0.1) is 0 Å². The Labute approximate surface area is 90.6 Å². The molecule has 0 saturated carbocycles. The molecule has 6 heteroatoms. The minimum absolute atomic E-state index is 0.332. The van der Waals surface area contributed by atoms with Gasteiger partial charge < -0.3 is 9.67 Å². The highest BCUT2D eigenvalue weighted by molar-refractivity contribution is 7.86. The Hall–Kier alpha value is -1.17. The number of carboxylic acids is 1. The molecule has 1 aromatic heterocycles. The minimum Gasteiger partial charge on any atom is -0.480 e. The molecular weight excluding hydrogens is 216 g/mol. The van der Waals surface area contributed by atoms with Crippen molar-refractivity contribution in [2.75, 3.05) is 5.75 Å². The maximum Gasteiger partial charge on any atom is 0.318 e. The molecule has 0 bridgehead atoms. The molecule has 0 fully saturated rings. The molecule has 0 aromatic carbocycles. The van der Waals surface area contributed by atoms with E-state index < -0.39 is 22.0 Å². The molecule has 0 radical (unpaired) electrons. The van der Waals surface area contributed by atoms with Crippen molar-refractivity contribution in [2.45, 2.75) is 18.6 Å². The van der Waals surface area contributed by atoms with E-state index in [2.05, 4.69) is 4.98 Å². The predicted molar refractivity (Wildman–Crippen MR) is 57.0 cm³/mol. The lowest BCUT2D eigenvalue weighted by Crippen LogP contribution is -2.24. The van der Waals surface area contributed by atoms with Crippen LogP contribution in [0.4, 0.5) is 0 Å². The van der Waals surface area contributed by atoms with Crippen LogP contribution in [0.1, 0.15) is 12.7 Å². The molecule has 0 aliphatic carbocycles. The standard InChI is InChI=1S/C9H14N2O3S/c1-7(9(12)13)15(14)6-3-8-10-4-5-11(8)2/h4-5,7H,3,6H2,1-2H3,(H,12,13). The Bertz CT molecular complexity index is 375. The lowest BCUT2D eigenvalue weighted by Gasteiger charge is -2.06. The van der Waals surface area contributed by atoms with E-state index in [-0.39, 0.29) is 0 Å². The summed E-state index contributed by atoms with van der Waals surface area (Å²) in [6.45, 7) is 1.46. The van der Waals surface area contributed by atoms with E-state index in [1.807, 2.05) is 11.6 Å². The first-order chi connectivity index (χ1) is 7.02. The van der Waals surface area contributed by atoms with Crippen LogP contribution >= 0.6 is 0 Å². The number of carboxylic acid groups (broad SMARTS) is 1. The molecule has 1 N–H and O–H groups in total. The Morgan fingerprint density at radius 1 is 1.73 bits per heavy atom. The third-order valence-corrected chi connectivity index (χ3v) is 3.79. The van der Waals surface area contributed by atoms with E-state index in [0.717, 1.165) is 5.82 Å². The van der Waals surface area contributed by atoms with Crippen molar-refractivity contribution in [3.05, 3.63) is 18.2 Å². The average molecular weight is 230 g/mol. The SMILES string of the molecule is CC(C(=O)O)S(=O)CCc1nccn1C. The van der Waals surface area contributed by atoms with Crippen molar-refractivity contribution in [1.29, 1.82) is 0 Å². The molecule has 5 nitrogen and oxygen atoms in total.